The average Bonchev–Trinajstić information content (AvgIpc) is 2.68. The maximum Gasteiger partial charge on any atom is 0.271 e. The highest BCUT2D eigenvalue weighted by atomic mass is 16.5. The molecule has 0 aliphatic heterocycles. The molecule has 26 heavy (non-hydrogen) atoms. The molecule has 3 rings (SSSR count). The zero-order valence-electron chi connectivity index (χ0n) is 14.4. The first-order chi connectivity index (χ1) is 12.6. The van der Waals surface area contributed by atoms with Gasteiger partial charge in [0.05, 0.1) is 0 Å². The molecule has 1 N–H and O–H groups in total. The molecular formula is C20H19N3O3. The summed E-state index contributed by atoms with van der Waals surface area (Å²) in [4.78, 5) is 23.4. The van der Waals surface area contributed by atoms with E-state index in [0.29, 0.717) is 13.2 Å². The van der Waals surface area contributed by atoms with Gasteiger partial charge in [0.25, 0.3) is 11.5 Å². The first-order valence-electron chi connectivity index (χ1n) is 8.20. The molecule has 0 saturated carbocycles. The van der Waals surface area contributed by atoms with Crippen molar-refractivity contribution in [2.75, 3.05) is 0 Å². The van der Waals surface area contributed by atoms with E-state index in [2.05, 4.69) is 10.4 Å². The summed E-state index contributed by atoms with van der Waals surface area (Å²) in [5, 5.41) is 6.71. The minimum absolute atomic E-state index is 0.204. The number of carbonyl (C=O) groups excluding carboxylic acids is 1. The van der Waals surface area contributed by atoms with E-state index >= 15 is 0 Å². The summed E-state index contributed by atoms with van der Waals surface area (Å²) in [6, 6.07) is 20.2. The van der Waals surface area contributed by atoms with Crippen molar-refractivity contribution in [1.82, 2.24) is 15.1 Å². The summed E-state index contributed by atoms with van der Waals surface area (Å²) in [7, 11) is 1.51. The van der Waals surface area contributed by atoms with Crippen LogP contribution in [-0.4, -0.2) is 15.7 Å². The van der Waals surface area contributed by atoms with Crippen LogP contribution < -0.4 is 15.6 Å². The maximum absolute atomic E-state index is 12.1. The summed E-state index contributed by atoms with van der Waals surface area (Å²) < 4.78 is 6.87. The second kappa shape index (κ2) is 8.11. The van der Waals surface area contributed by atoms with Gasteiger partial charge in [-0.15, -0.1) is 0 Å². The van der Waals surface area contributed by atoms with Gasteiger partial charge in [0.1, 0.15) is 18.1 Å². The predicted octanol–water partition coefficient (Wildman–Crippen LogP) is 2.29. The zero-order chi connectivity index (χ0) is 18.4. The van der Waals surface area contributed by atoms with Gasteiger partial charge in [0, 0.05) is 19.7 Å². The van der Waals surface area contributed by atoms with Gasteiger partial charge in [0.15, 0.2) is 0 Å². The fourth-order valence-corrected chi connectivity index (χ4v) is 2.34. The number of carbonyl (C=O) groups is 1. The normalized spacial score (nSPS) is 10.3. The summed E-state index contributed by atoms with van der Waals surface area (Å²) >= 11 is 0. The van der Waals surface area contributed by atoms with Gasteiger partial charge in [-0.1, -0.05) is 42.5 Å². The van der Waals surface area contributed by atoms with Crippen LogP contribution >= 0.6 is 0 Å². The van der Waals surface area contributed by atoms with Gasteiger partial charge in [-0.2, -0.15) is 5.10 Å². The fraction of sp³-hybridized carbons (Fsp3) is 0.150. The first-order valence-corrected chi connectivity index (χ1v) is 8.20. The molecule has 6 nitrogen and oxygen atoms in total. The molecule has 6 heteroatoms. The van der Waals surface area contributed by atoms with Gasteiger partial charge in [-0.25, -0.2) is 4.68 Å². The minimum atomic E-state index is -0.329. The number of benzene rings is 2. The molecule has 0 bridgehead atoms. The second-order valence-electron chi connectivity index (χ2n) is 5.78. The topological polar surface area (TPSA) is 73.2 Å². The molecule has 0 aliphatic carbocycles. The Kier molecular flexibility index (Phi) is 5.43. The van der Waals surface area contributed by atoms with Crippen LogP contribution in [0.1, 0.15) is 21.6 Å². The summed E-state index contributed by atoms with van der Waals surface area (Å²) in [5.41, 5.74) is 1.99. The number of nitrogens with one attached hydrogen (secondary N) is 1. The quantitative estimate of drug-likeness (QED) is 0.741. The molecule has 1 aromatic heterocycles. The van der Waals surface area contributed by atoms with Crippen molar-refractivity contribution in [3.8, 4) is 5.75 Å². The number of amides is 1. The number of ether oxygens (including phenoxy) is 1. The van der Waals surface area contributed by atoms with Gasteiger partial charge in [-0.05, 0) is 29.3 Å². The van der Waals surface area contributed by atoms with Crippen molar-refractivity contribution in [1.29, 1.82) is 0 Å². The number of hydrogen-bond acceptors (Lipinski definition) is 4. The third-order valence-electron chi connectivity index (χ3n) is 3.82. The number of rotatable bonds is 6. The highest BCUT2D eigenvalue weighted by Crippen LogP contribution is 2.14. The Labute approximate surface area is 151 Å². The molecule has 0 saturated heterocycles. The third-order valence-corrected chi connectivity index (χ3v) is 3.82. The highest BCUT2D eigenvalue weighted by Gasteiger charge is 2.08. The van der Waals surface area contributed by atoms with E-state index in [1.807, 2.05) is 54.6 Å². The molecule has 1 heterocycles. The second-order valence-corrected chi connectivity index (χ2v) is 5.78. The van der Waals surface area contributed by atoms with E-state index in [1.54, 1.807) is 0 Å². The Morgan fingerprint density at radius 3 is 2.42 bits per heavy atom. The van der Waals surface area contributed by atoms with Crippen LogP contribution in [0.5, 0.6) is 5.75 Å². The molecule has 0 radical (unpaired) electrons. The van der Waals surface area contributed by atoms with Crippen LogP contribution in [0, 0.1) is 0 Å². The minimum Gasteiger partial charge on any atom is -0.489 e. The lowest BCUT2D eigenvalue weighted by Crippen LogP contribution is -2.28. The van der Waals surface area contributed by atoms with Crippen LogP contribution in [0.4, 0.5) is 0 Å². The summed E-state index contributed by atoms with van der Waals surface area (Å²) in [5.74, 6) is 0.439. The van der Waals surface area contributed by atoms with Crippen LogP contribution in [0.25, 0.3) is 0 Å². The highest BCUT2D eigenvalue weighted by molar-refractivity contribution is 5.91. The SMILES string of the molecule is Cn1nc(C(=O)NCc2ccc(OCc3ccccc3)cc2)ccc1=O. The van der Waals surface area contributed by atoms with E-state index in [0.717, 1.165) is 21.6 Å². The van der Waals surface area contributed by atoms with Crippen molar-refractivity contribution >= 4 is 5.91 Å². The smallest absolute Gasteiger partial charge is 0.271 e. The van der Waals surface area contributed by atoms with Crippen LogP contribution in [0.3, 0.4) is 0 Å². The summed E-state index contributed by atoms with van der Waals surface area (Å²) in [6.07, 6.45) is 0. The Balaban J connectivity index is 1.53. The lowest BCUT2D eigenvalue weighted by molar-refractivity contribution is 0.0943. The molecular weight excluding hydrogens is 330 g/mol. The molecule has 0 aliphatic rings. The Morgan fingerprint density at radius 1 is 1.00 bits per heavy atom. The van der Waals surface area contributed by atoms with Crippen LogP contribution in [0.2, 0.25) is 0 Å². The third kappa shape index (κ3) is 4.57. The average molecular weight is 349 g/mol. The first kappa shape index (κ1) is 17.4. The molecule has 3 aromatic rings. The van der Waals surface area contributed by atoms with Gasteiger partial charge in [-0.3, -0.25) is 9.59 Å². The molecule has 132 valence electrons. The molecule has 2 aromatic carbocycles. The molecule has 1 amide bonds. The van der Waals surface area contributed by atoms with Crippen LogP contribution in [0.15, 0.2) is 71.5 Å². The largest absolute Gasteiger partial charge is 0.489 e. The standard InChI is InChI=1S/C20H19N3O3/c1-23-19(24)12-11-18(22-23)20(25)21-13-15-7-9-17(10-8-15)26-14-16-5-3-2-4-6-16/h2-12H,13-14H2,1H3,(H,21,25). The van der Waals surface area contributed by atoms with Gasteiger partial charge < -0.3 is 10.1 Å². The predicted molar refractivity (Wildman–Crippen MR) is 97.9 cm³/mol. The Bertz CT molecular complexity index is 935. The Hall–Kier alpha value is -3.41. The molecule has 0 unspecified atom stereocenters. The van der Waals surface area contributed by atoms with E-state index < -0.39 is 0 Å². The van der Waals surface area contributed by atoms with Gasteiger partial charge in [0.2, 0.25) is 0 Å². The van der Waals surface area contributed by atoms with E-state index in [1.165, 1.54) is 19.2 Å². The Morgan fingerprint density at radius 2 is 1.73 bits per heavy atom. The number of aromatic nitrogens is 2. The molecule has 0 atom stereocenters. The monoisotopic (exact) mass is 349 g/mol. The van der Waals surface area contributed by atoms with Gasteiger partial charge >= 0.3 is 0 Å². The van der Waals surface area contributed by atoms with Crippen molar-refractivity contribution in [2.24, 2.45) is 7.05 Å². The van der Waals surface area contributed by atoms with Crippen molar-refractivity contribution in [3.63, 3.8) is 0 Å². The van der Waals surface area contributed by atoms with Crippen LogP contribution in [-0.2, 0) is 20.2 Å². The number of hydrogen-bond donors (Lipinski definition) is 1. The van der Waals surface area contributed by atoms with E-state index in [9.17, 15) is 9.59 Å². The molecule has 0 spiro atoms. The number of nitrogens with zero attached hydrogens (tertiary/aromatic N) is 2. The van der Waals surface area contributed by atoms with Crippen molar-refractivity contribution < 1.29 is 9.53 Å². The number of aryl methyl sites for hydroxylation is 1. The summed E-state index contributed by atoms with van der Waals surface area (Å²) in [6.45, 7) is 0.873. The van der Waals surface area contributed by atoms with Crippen molar-refractivity contribution in [3.05, 3.63) is 93.9 Å². The lowest BCUT2D eigenvalue weighted by atomic mass is 10.2. The zero-order valence-corrected chi connectivity index (χ0v) is 14.4. The fourth-order valence-electron chi connectivity index (χ4n) is 2.34. The van der Waals surface area contributed by atoms with E-state index in [-0.39, 0.29) is 17.2 Å². The molecule has 0 fully saturated rings. The van der Waals surface area contributed by atoms with E-state index in [4.69, 9.17) is 4.74 Å². The van der Waals surface area contributed by atoms with Crippen molar-refractivity contribution in [2.45, 2.75) is 13.2 Å². The maximum atomic E-state index is 12.1. The lowest BCUT2D eigenvalue weighted by Gasteiger charge is -2.08.